The zero-order valence-electron chi connectivity index (χ0n) is 16.8. The Balaban J connectivity index is 1.39. The van der Waals surface area contributed by atoms with E-state index in [0.717, 1.165) is 30.0 Å². The maximum Gasteiger partial charge on any atom is 0.251 e. The number of hydrogen-bond acceptors (Lipinski definition) is 5. The Kier molecular flexibility index (Phi) is 5.56. The number of carbonyl (C=O) groups excluding carboxylic acids is 1. The van der Waals surface area contributed by atoms with E-state index in [4.69, 9.17) is 9.47 Å². The molecular formula is C22H23FN4O3. The highest BCUT2D eigenvalue weighted by Crippen LogP contribution is 2.28. The summed E-state index contributed by atoms with van der Waals surface area (Å²) in [6.07, 6.45) is 0.817. The average molecular weight is 410 g/mol. The van der Waals surface area contributed by atoms with Crippen LogP contribution in [-0.2, 0) is 0 Å². The van der Waals surface area contributed by atoms with Crippen molar-refractivity contribution in [3.63, 3.8) is 0 Å². The second kappa shape index (κ2) is 8.44. The standard InChI is InChI=1S/C22H23FN4O3/c1-29-19-8-5-15(11-20(19)30-2)22(28)24-17-9-10-27(13-17)21-12-18(25-26-21)14-3-6-16(23)7-4-14/h3-8,11-12,17H,9-10,13H2,1-2H3,(H,24,28)(H,25,26). The van der Waals surface area contributed by atoms with Crippen LogP contribution in [0.15, 0.2) is 48.5 Å². The number of aromatic nitrogens is 2. The van der Waals surface area contributed by atoms with E-state index < -0.39 is 0 Å². The van der Waals surface area contributed by atoms with Gasteiger partial charge in [-0.15, -0.1) is 0 Å². The van der Waals surface area contributed by atoms with Crippen LogP contribution in [0.4, 0.5) is 10.2 Å². The summed E-state index contributed by atoms with van der Waals surface area (Å²) in [6.45, 7) is 1.44. The Morgan fingerprint density at radius 2 is 1.90 bits per heavy atom. The van der Waals surface area contributed by atoms with Gasteiger partial charge >= 0.3 is 0 Å². The van der Waals surface area contributed by atoms with Crippen LogP contribution in [0, 0.1) is 5.82 Å². The Labute approximate surface area is 173 Å². The molecule has 1 saturated heterocycles. The third-order valence-electron chi connectivity index (χ3n) is 5.21. The van der Waals surface area contributed by atoms with Crippen LogP contribution < -0.4 is 19.7 Å². The van der Waals surface area contributed by atoms with Gasteiger partial charge in [0.2, 0.25) is 0 Å². The van der Waals surface area contributed by atoms with Gasteiger partial charge in [-0.1, -0.05) is 0 Å². The number of amides is 1. The predicted molar refractivity (Wildman–Crippen MR) is 112 cm³/mol. The molecule has 1 amide bonds. The Morgan fingerprint density at radius 1 is 1.13 bits per heavy atom. The van der Waals surface area contributed by atoms with Crippen molar-refractivity contribution in [2.45, 2.75) is 12.5 Å². The fraction of sp³-hybridized carbons (Fsp3) is 0.273. The highest BCUT2D eigenvalue weighted by Gasteiger charge is 2.26. The van der Waals surface area contributed by atoms with E-state index in [0.29, 0.717) is 23.6 Å². The molecule has 0 saturated carbocycles. The van der Waals surface area contributed by atoms with Crippen molar-refractivity contribution in [2.24, 2.45) is 0 Å². The van der Waals surface area contributed by atoms with Crippen molar-refractivity contribution < 1.29 is 18.7 Å². The first kappa shape index (κ1) is 19.8. The summed E-state index contributed by atoms with van der Waals surface area (Å²) in [6, 6.07) is 13.3. The zero-order chi connectivity index (χ0) is 21.1. The Bertz CT molecular complexity index is 1040. The monoisotopic (exact) mass is 410 g/mol. The molecule has 1 unspecified atom stereocenters. The molecule has 156 valence electrons. The summed E-state index contributed by atoms with van der Waals surface area (Å²) in [5.41, 5.74) is 2.21. The van der Waals surface area contributed by atoms with Crippen LogP contribution >= 0.6 is 0 Å². The number of methoxy groups -OCH3 is 2. The fourth-order valence-electron chi connectivity index (χ4n) is 3.58. The van der Waals surface area contributed by atoms with Crippen molar-refractivity contribution in [1.82, 2.24) is 15.5 Å². The number of hydrogen-bond donors (Lipinski definition) is 2. The number of carbonyl (C=O) groups is 1. The maximum atomic E-state index is 13.1. The van der Waals surface area contributed by atoms with Crippen LogP contribution in [0.3, 0.4) is 0 Å². The van der Waals surface area contributed by atoms with Crippen LogP contribution in [0.2, 0.25) is 0 Å². The Hall–Kier alpha value is -3.55. The largest absolute Gasteiger partial charge is 0.493 e. The van der Waals surface area contributed by atoms with Crippen LogP contribution in [0.25, 0.3) is 11.3 Å². The van der Waals surface area contributed by atoms with Crippen molar-refractivity contribution in [3.05, 3.63) is 59.9 Å². The minimum absolute atomic E-state index is 0.0107. The molecule has 0 bridgehead atoms. The molecule has 2 N–H and O–H groups in total. The molecule has 8 heteroatoms. The molecule has 0 aliphatic carbocycles. The summed E-state index contributed by atoms with van der Waals surface area (Å²) < 4.78 is 23.6. The van der Waals surface area contributed by atoms with Crippen molar-refractivity contribution in [1.29, 1.82) is 0 Å². The summed E-state index contributed by atoms with van der Waals surface area (Å²) in [5, 5.41) is 10.4. The Morgan fingerprint density at radius 3 is 2.63 bits per heavy atom. The number of H-pyrrole nitrogens is 1. The highest BCUT2D eigenvalue weighted by molar-refractivity contribution is 5.95. The van der Waals surface area contributed by atoms with Crippen LogP contribution in [-0.4, -0.2) is 49.5 Å². The SMILES string of the molecule is COc1ccc(C(=O)NC2CCN(c3cc(-c4ccc(F)cc4)[nH]n3)C2)cc1OC. The van der Waals surface area contributed by atoms with Gasteiger partial charge in [0.05, 0.1) is 19.9 Å². The molecule has 1 atom stereocenters. The molecule has 4 rings (SSSR count). The molecule has 1 aliphatic heterocycles. The molecular weight excluding hydrogens is 387 g/mol. The maximum absolute atomic E-state index is 13.1. The van der Waals surface area contributed by atoms with E-state index in [2.05, 4.69) is 20.4 Å². The van der Waals surface area contributed by atoms with Gasteiger partial charge in [0.25, 0.3) is 5.91 Å². The van der Waals surface area contributed by atoms with Crippen molar-refractivity contribution in [2.75, 3.05) is 32.2 Å². The van der Waals surface area contributed by atoms with Crippen molar-refractivity contribution >= 4 is 11.7 Å². The topological polar surface area (TPSA) is 79.5 Å². The van der Waals surface area contributed by atoms with E-state index in [1.165, 1.54) is 12.1 Å². The highest BCUT2D eigenvalue weighted by atomic mass is 19.1. The minimum Gasteiger partial charge on any atom is -0.493 e. The van der Waals surface area contributed by atoms with Crippen molar-refractivity contribution in [3.8, 4) is 22.8 Å². The molecule has 0 spiro atoms. The van der Waals surface area contributed by atoms with Crippen LogP contribution in [0.5, 0.6) is 11.5 Å². The van der Waals surface area contributed by atoms with E-state index in [1.54, 1.807) is 44.6 Å². The average Bonchev–Trinajstić information content (AvgIpc) is 3.43. The number of halogens is 1. The lowest BCUT2D eigenvalue weighted by Crippen LogP contribution is -2.37. The lowest BCUT2D eigenvalue weighted by Gasteiger charge is -2.16. The second-order valence-electron chi connectivity index (χ2n) is 7.12. The molecule has 1 fully saturated rings. The lowest BCUT2D eigenvalue weighted by atomic mass is 10.1. The minimum atomic E-state index is -0.272. The van der Waals surface area contributed by atoms with E-state index in [9.17, 15) is 9.18 Å². The summed E-state index contributed by atoms with van der Waals surface area (Å²) in [7, 11) is 3.10. The third kappa shape index (κ3) is 4.07. The molecule has 7 nitrogen and oxygen atoms in total. The molecule has 0 radical (unpaired) electrons. The molecule has 1 aliphatic rings. The number of benzene rings is 2. The van der Waals surface area contributed by atoms with Gasteiger partial charge < -0.3 is 19.7 Å². The normalized spacial score (nSPS) is 15.8. The van der Waals surface area contributed by atoms with Gasteiger partial charge in [-0.3, -0.25) is 9.89 Å². The van der Waals surface area contributed by atoms with Gasteiger partial charge in [0, 0.05) is 30.8 Å². The molecule has 2 heterocycles. The number of ether oxygens (including phenoxy) is 2. The number of aromatic amines is 1. The van der Waals surface area contributed by atoms with Gasteiger partial charge in [0.15, 0.2) is 17.3 Å². The number of anilines is 1. The first-order chi connectivity index (χ1) is 14.6. The molecule has 2 aromatic carbocycles. The second-order valence-corrected chi connectivity index (χ2v) is 7.12. The quantitative estimate of drug-likeness (QED) is 0.652. The molecule has 30 heavy (non-hydrogen) atoms. The first-order valence-electron chi connectivity index (χ1n) is 9.66. The van der Waals surface area contributed by atoms with E-state index in [-0.39, 0.29) is 17.8 Å². The van der Waals surface area contributed by atoms with Gasteiger partial charge in [-0.05, 0) is 54.4 Å². The predicted octanol–water partition coefficient (Wildman–Crippen LogP) is 3.24. The first-order valence-corrected chi connectivity index (χ1v) is 9.66. The fourth-order valence-corrected chi connectivity index (χ4v) is 3.58. The number of nitrogens with one attached hydrogen (secondary N) is 2. The summed E-state index contributed by atoms with van der Waals surface area (Å²) >= 11 is 0. The van der Waals surface area contributed by atoms with Crippen LogP contribution in [0.1, 0.15) is 16.8 Å². The molecule has 1 aromatic heterocycles. The smallest absolute Gasteiger partial charge is 0.251 e. The van der Waals surface area contributed by atoms with E-state index >= 15 is 0 Å². The van der Waals surface area contributed by atoms with E-state index in [1.807, 2.05) is 6.07 Å². The third-order valence-corrected chi connectivity index (χ3v) is 5.21. The van der Waals surface area contributed by atoms with Gasteiger partial charge in [-0.2, -0.15) is 5.10 Å². The number of rotatable bonds is 6. The summed E-state index contributed by atoms with van der Waals surface area (Å²) in [4.78, 5) is 14.8. The lowest BCUT2D eigenvalue weighted by molar-refractivity contribution is 0.0940. The number of nitrogens with zero attached hydrogens (tertiary/aromatic N) is 2. The summed E-state index contributed by atoms with van der Waals surface area (Å²) in [5.74, 6) is 1.47. The molecule has 3 aromatic rings. The zero-order valence-corrected chi connectivity index (χ0v) is 16.8. The van der Waals surface area contributed by atoms with Gasteiger partial charge in [-0.25, -0.2) is 4.39 Å². The van der Waals surface area contributed by atoms with Gasteiger partial charge in [0.1, 0.15) is 5.82 Å².